The fourth-order valence-electron chi connectivity index (χ4n) is 3.43. The second-order valence-electron chi connectivity index (χ2n) is 7.08. The monoisotopic (exact) mass is 377 g/mol. The van der Waals surface area contributed by atoms with Crippen LogP contribution >= 0.6 is 0 Å². The number of aromatic hydroxyl groups is 1. The zero-order chi connectivity index (χ0) is 19.7. The number of aryl methyl sites for hydroxylation is 2. The van der Waals surface area contributed by atoms with Crippen molar-refractivity contribution >= 4 is 16.4 Å². The van der Waals surface area contributed by atoms with E-state index >= 15 is 0 Å². The Morgan fingerprint density at radius 1 is 1.14 bits per heavy atom. The van der Waals surface area contributed by atoms with Crippen molar-refractivity contribution in [3.8, 4) is 17.0 Å². The Kier molecular flexibility index (Phi) is 4.83. The van der Waals surface area contributed by atoms with E-state index in [1.54, 1.807) is 22.8 Å². The molecule has 3 aromatic heterocycles. The highest BCUT2D eigenvalue weighted by molar-refractivity contribution is 5.89. The number of rotatable bonds is 1. The van der Waals surface area contributed by atoms with Gasteiger partial charge in [0, 0.05) is 11.8 Å². The number of aromatic nitrogens is 4. The molecule has 1 aliphatic rings. The third kappa shape index (κ3) is 3.48. The number of nitrogens with one attached hydrogen (secondary N) is 2. The number of imidazole rings is 1. The van der Waals surface area contributed by atoms with Crippen molar-refractivity contribution in [1.29, 1.82) is 0 Å². The zero-order valence-corrected chi connectivity index (χ0v) is 16.0. The standard InChI is InChI=1S/C17H14N4O2.C4H9N/c1-9-5-14(20-21-8-10(2)19-16(9)21)13-6-11-3-4-18-17(23)12(11)7-15(13)22;1-2-4-5-3-1/h3-8,22H,1-2H3,(H,18,23);5H,1-4H2. The van der Waals surface area contributed by atoms with Gasteiger partial charge in [0.2, 0.25) is 0 Å². The Balaban J connectivity index is 0.000000336. The van der Waals surface area contributed by atoms with E-state index in [4.69, 9.17) is 0 Å². The largest absolute Gasteiger partial charge is 0.507 e. The van der Waals surface area contributed by atoms with Gasteiger partial charge in [0.25, 0.3) is 5.56 Å². The first-order chi connectivity index (χ1) is 13.5. The number of aromatic amines is 1. The van der Waals surface area contributed by atoms with Gasteiger partial charge >= 0.3 is 0 Å². The van der Waals surface area contributed by atoms with E-state index in [1.807, 2.05) is 26.1 Å². The molecule has 7 heteroatoms. The van der Waals surface area contributed by atoms with Crippen LogP contribution in [0, 0.1) is 13.8 Å². The normalized spacial score (nSPS) is 13.6. The van der Waals surface area contributed by atoms with Gasteiger partial charge in [-0.25, -0.2) is 9.50 Å². The summed E-state index contributed by atoms with van der Waals surface area (Å²) in [4.78, 5) is 18.8. The van der Waals surface area contributed by atoms with Crippen molar-refractivity contribution in [3.63, 3.8) is 0 Å². The van der Waals surface area contributed by atoms with Crippen molar-refractivity contribution in [2.24, 2.45) is 0 Å². The second-order valence-corrected chi connectivity index (χ2v) is 7.08. The van der Waals surface area contributed by atoms with Crippen LogP contribution in [0.25, 0.3) is 27.7 Å². The Bertz CT molecular complexity index is 1200. The van der Waals surface area contributed by atoms with E-state index in [2.05, 4.69) is 20.4 Å². The van der Waals surface area contributed by atoms with Gasteiger partial charge in [-0.2, -0.15) is 5.10 Å². The average Bonchev–Trinajstić information content (AvgIpc) is 3.35. The lowest BCUT2D eigenvalue weighted by Crippen LogP contribution is -2.04. The summed E-state index contributed by atoms with van der Waals surface area (Å²) in [5.74, 6) is 0.0253. The van der Waals surface area contributed by atoms with Gasteiger partial charge in [0.1, 0.15) is 5.75 Å². The Morgan fingerprint density at radius 2 is 1.93 bits per heavy atom. The molecule has 28 heavy (non-hydrogen) atoms. The van der Waals surface area contributed by atoms with E-state index in [9.17, 15) is 9.90 Å². The van der Waals surface area contributed by atoms with Crippen molar-refractivity contribution in [1.82, 2.24) is 24.9 Å². The minimum atomic E-state index is -0.228. The molecule has 0 spiro atoms. The third-order valence-corrected chi connectivity index (χ3v) is 4.85. The van der Waals surface area contributed by atoms with Crippen molar-refractivity contribution < 1.29 is 5.11 Å². The lowest BCUT2D eigenvalue weighted by molar-refractivity contribution is 0.478. The molecule has 0 unspecified atom stereocenters. The first kappa shape index (κ1) is 18.2. The van der Waals surface area contributed by atoms with Crippen LogP contribution in [-0.4, -0.2) is 37.8 Å². The van der Waals surface area contributed by atoms with Gasteiger partial charge < -0.3 is 15.4 Å². The van der Waals surface area contributed by atoms with Gasteiger partial charge in [-0.1, -0.05) is 0 Å². The molecule has 4 heterocycles. The van der Waals surface area contributed by atoms with Crippen molar-refractivity contribution in [3.05, 3.63) is 58.3 Å². The number of hydrogen-bond acceptors (Lipinski definition) is 5. The molecule has 5 rings (SSSR count). The van der Waals surface area contributed by atoms with Crippen LogP contribution in [0.5, 0.6) is 5.75 Å². The fraction of sp³-hybridized carbons (Fsp3) is 0.286. The lowest BCUT2D eigenvalue weighted by atomic mass is 10.0. The molecule has 7 nitrogen and oxygen atoms in total. The summed E-state index contributed by atoms with van der Waals surface area (Å²) in [5.41, 5.74) is 3.63. The SMILES string of the molecule is C1CCNC1.Cc1cn2nc(-c3cc4cc[nH]c(=O)c4cc3O)cc(C)c2n1. The summed E-state index contributed by atoms with van der Waals surface area (Å²) in [7, 11) is 0. The molecule has 1 aliphatic heterocycles. The summed E-state index contributed by atoms with van der Waals surface area (Å²) in [6.07, 6.45) is 6.21. The summed E-state index contributed by atoms with van der Waals surface area (Å²) >= 11 is 0. The highest BCUT2D eigenvalue weighted by Crippen LogP contribution is 2.31. The van der Waals surface area contributed by atoms with Crippen LogP contribution in [0.15, 0.2) is 41.5 Å². The molecular weight excluding hydrogens is 354 g/mol. The van der Waals surface area contributed by atoms with E-state index in [1.165, 1.54) is 32.0 Å². The molecule has 1 aromatic carbocycles. The fourth-order valence-corrected chi connectivity index (χ4v) is 3.43. The van der Waals surface area contributed by atoms with E-state index < -0.39 is 0 Å². The molecule has 0 aliphatic carbocycles. The molecule has 3 N–H and O–H groups in total. The molecule has 4 aromatic rings. The van der Waals surface area contributed by atoms with Gasteiger partial charge in [-0.15, -0.1) is 0 Å². The van der Waals surface area contributed by atoms with E-state index in [0.717, 1.165) is 22.3 Å². The second kappa shape index (κ2) is 7.44. The Hall–Kier alpha value is -3.19. The molecule has 144 valence electrons. The minimum absolute atomic E-state index is 0.0253. The molecule has 0 radical (unpaired) electrons. The summed E-state index contributed by atoms with van der Waals surface area (Å²) < 4.78 is 1.71. The van der Waals surface area contributed by atoms with Crippen LogP contribution < -0.4 is 10.9 Å². The van der Waals surface area contributed by atoms with Gasteiger partial charge in [-0.05, 0) is 75.0 Å². The number of hydrogen-bond donors (Lipinski definition) is 3. The topological polar surface area (TPSA) is 95.3 Å². The van der Waals surface area contributed by atoms with Crippen LogP contribution in [0.2, 0.25) is 0 Å². The maximum absolute atomic E-state index is 11.8. The quantitative estimate of drug-likeness (QED) is 0.474. The molecule has 0 bridgehead atoms. The maximum Gasteiger partial charge on any atom is 0.255 e. The Morgan fingerprint density at radius 3 is 2.64 bits per heavy atom. The smallest absolute Gasteiger partial charge is 0.255 e. The maximum atomic E-state index is 11.8. The Labute approximate surface area is 162 Å². The van der Waals surface area contributed by atoms with Gasteiger partial charge in [0.15, 0.2) is 5.65 Å². The number of phenolic OH excluding ortho intramolecular Hbond substituents is 1. The van der Waals surface area contributed by atoms with Crippen LogP contribution in [0.1, 0.15) is 24.1 Å². The molecule has 0 amide bonds. The molecular formula is C21H23N5O2. The first-order valence-electron chi connectivity index (χ1n) is 9.42. The van der Waals surface area contributed by atoms with Crippen molar-refractivity contribution in [2.75, 3.05) is 13.1 Å². The first-order valence-corrected chi connectivity index (χ1v) is 9.42. The summed E-state index contributed by atoms with van der Waals surface area (Å²) in [6, 6.07) is 6.93. The summed E-state index contributed by atoms with van der Waals surface area (Å²) in [5, 5.41) is 19.3. The minimum Gasteiger partial charge on any atom is -0.507 e. The predicted octanol–water partition coefficient (Wildman–Crippen LogP) is 2.93. The van der Waals surface area contributed by atoms with Gasteiger partial charge in [0.05, 0.1) is 23.0 Å². The van der Waals surface area contributed by atoms with E-state index in [-0.39, 0.29) is 11.3 Å². The lowest BCUT2D eigenvalue weighted by Gasteiger charge is -2.08. The van der Waals surface area contributed by atoms with Crippen molar-refractivity contribution in [2.45, 2.75) is 26.7 Å². The molecule has 0 saturated carbocycles. The number of benzene rings is 1. The van der Waals surface area contributed by atoms with Gasteiger partial charge in [-0.3, -0.25) is 4.79 Å². The molecule has 0 atom stereocenters. The summed E-state index contributed by atoms with van der Waals surface area (Å²) in [6.45, 7) is 6.36. The van der Waals surface area contributed by atoms with Crippen LogP contribution in [0.4, 0.5) is 0 Å². The number of fused-ring (bicyclic) bond motifs is 2. The molecule has 1 saturated heterocycles. The molecule has 1 fully saturated rings. The average molecular weight is 377 g/mol. The predicted molar refractivity (Wildman–Crippen MR) is 110 cm³/mol. The number of H-pyrrole nitrogens is 1. The van der Waals surface area contributed by atoms with Crippen LogP contribution in [-0.2, 0) is 0 Å². The number of nitrogens with zero attached hydrogens (tertiary/aromatic N) is 3. The van der Waals surface area contributed by atoms with E-state index in [0.29, 0.717) is 16.6 Å². The zero-order valence-electron chi connectivity index (χ0n) is 16.0. The third-order valence-electron chi connectivity index (χ3n) is 4.85. The number of phenols is 1. The highest BCUT2D eigenvalue weighted by Gasteiger charge is 2.12. The highest BCUT2D eigenvalue weighted by atomic mass is 16.3. The van der Waals surface area contributed by atoms with Crippen LogP contribution in [0.3, 0.4) is 0 Å². The number of pyridine rings is 1.